The molecule has 182 valence electrons. The number of aryl methyl sites for hydroxylation is 1. The van der Waals surface area contributed by atoms with Crippen molar-refractivity contribution in [2.45, 2.75) is 69.8 Å². The van der Waals surface area contributed by atoms with Gasteiger partial charge >= 0.3 is 0 Å². The van der Waals surface area contributed by atoms with Crippen LogP contribution in [0.4, 0.5) is 0 Å². The molecule has 1 amide bonds. The average molecular weight is 483 g/mol. The summed E-state index contributed by atoms with van der Waals surface area (Å²) >= 11 is 0. The van der Waals surface area contributed by atoms with Gasteiger partial charge in [-0.2, -0.15) is 4.40 Å². The Hall–Kier alpha value is -2.51. The fourth-order valence-corrected chi connectivity index (χ4v) is 4.72. The van der Waals surface area contributed by atoms with Crippen LogP contribution in [0.2, 0.25) is 0 Å². The van der Waals surface area contributed by atoms with Crippen molar-refractivity contribution in [1.29, 1.82) is 0 Å². The van der Waals surface area contributed by atoms with Gasteiger partial charge in [-0.15, -0.1) is 0 Å². The molecule has 6 nitrogen and oxygen atoms in total. The number of benzene rings is 2. The van der Waals surface area contributed by atoms with Crippen molar-refractivity contribution in [1.82, 2.24) is 5.32 Å². The van der Waals surface area contributed by atoms with Crippen LogP contribution in [0, 0.1) is 0 Å². The van der Waals surface area contributed by atoms with Crippen molar-refractivity contribution in [2.75, 3.05) is 13.2 Å². The maximum Gasteiger partial charge on any atom is 0.251 e. The van der Waals surface area contributed by atoms with E-state index in [1.54, 1.807) is 6.21 Å². The van der Waals surface area contributed by atoms with Gasteiger partial charge in [0.15, 0.2) is 0 Å². The molecule has 1 aliphatic carbocycles. The minimum atomic E-state index is -1.27. The summed E-state index contributed by atoms with van der Waals surface area (Å²) in [6.07, 6.45) is 6.58. The number of rotatable bonds is 7. The van der Waals surface area contributed by atoms with Crippen LogP contribution in [0.5, 0.6) is 5.75 Å². The lowest BCUT2D eigenvalue weighted by Crippen LogP contribution is -2.38. The molecule has 0 aromatic heterocycles. The van der Waals surface area contributed by atoms with E-state index in [0.717, 1.165) is 50.0 Å². The van der Waals surface area contributed by atoms with Gasteiger partial charge in [0.25, 0.3) is 5.91 Å². The van der Waals surface area contributed by atoms with E-state index >= 15 is 0 Å². The van der Waals surface area contributed by atoms with Gasteiger partial charge in [0.05, 0.1) is 10.9 Å². The van der Waals surface area contributed by atoms with Gasteiger partial charge in [-0.3, -0.25) is 4.79 Å². The van der Waals surface area contributed by atoms with Crippen molar-refractivity contribution in [2.24, 2.45) is 4.40 Å². The smallest absolute Gasteiger partial charge is 0.251 e. The second-order valence-corrected chi connectivity index (χ2v) is 11.9. The van der Waals surface area contributed by atoms with Crippen molar-refractivity contribution >= 4 is 23.1 Å². The molecule has 0 bridgehead atoms. The zero-order chi connectivity index (χ0) is 24.1. The normalized spacial score (nSPS) is 21.3. The van der Waals surface area contributed by atoms with Gasteiger partial charge in [-0.25, -0.2) is 4.21 Å². The van der Waals surface area contributed by atoms with E-state index in [-0.39, 0.29) is 22.8 Å². The summed E-state index contributed by atoms with van der Waals surface area (Å²) in [6.45, 7) is 7.10. The molecule has 34 heavy (non-hydrogen) atoms. The summed E-state index contributed by atoms with van der Waals surface area (Å²) in [5, 5.41) is 3.18. The highest BCUT2D eigenvalue weighted by atomic mass is 32.2. The maximum absolute atomic E-state index is 12.8. The topological polar surface area (TPSA) is 77.0 Å². The number of fused-ring (bicyclic) bond motifs is 1. The Labute approximate surface area is 204 Å². The number of nitrogens with zero attached hydrogens (tertiary/aromatic N) is 1. The summed E-state index contributed by atoms with van der Waals surface area (Å²) in [7, 11) is -1.27. The number of hydrogen-bond acceptors (Lipinski definition) is 4. The molecule has 4 rings (SSSR count). The Balaban J connectivity index is 1.30. The quantitative estimate of drug-likeness (QED) is 0.593. The molecule has 1 N–H and O–H groups in total. The predicted octanol–water partition coefficient (Wildman–Crippen LogP) is 4.41. The Morgan fingerprint density at radius 3 is 2.68 bits per heavy atom. The third-order valence-corrected chi connectivity index (χ3v) is 7.54. The molecule has 0 spiro atoms. The third kappa shape index (κ3) is 6.54. The van der Waals surface area contributed by atoms with Gasteiger partial charge in [0.1, 0.15) is 23.3 Å². The highest BCUT2D eigenvalue weighted by Gasteiger charge is 2.22. The van der Waals surface area contributed by atoms with Gasteiger partial charge < -0.3 is 14.8 Å². The lowest BCUT2D eigenvalue weighted by atomic mass is 9.87. The van der Waals surface area contributed by atoms with Crippen LogP contribution < -0.4 is 10.1 Å². The van der Waals surface area contributed by atoms with Gasteiger partial charge in [0.2, 0.25) is 0 Å². The molecule has 1 unspecified atom stereocenters. The third-order valence-electron chi connectivity index (χ3n) is 6.19. The number of carbonyl (C=O) groups is 1. The second-order valence-electron chi connectivity index (χ2n) is 10.0. The molecular formula is C27H34N2O4S. The zero-order valence-corrected chi connectivity index (χ0v) is 21.0. The Kier molecular flexibility index (Phi) is 7.84. The fraction of sp³-hybridized carbons (Fsp3) is 0.481. The van der Waals surface area contributed by atoms with E-state index in [2.05, 4.69) is 21.8 Å². The summed E-state index contributed by atoms with van der Waals surface area (Å²) in [4.78, 5) is 12.8. The Bertz CT molecular complexity index is 1050. The molecule has 0 saturated carbocycles. The molecule has 7 heteroatoms. The highest BCUT2D eigenvalue weighted by Crippen LogP contribution is 2.23. The molecule has 1 heterocycles. The first-order valence-corrected chi connectivity index (χ1v) is 13.1. The van der Waals surface area contributed by atoms with Crippen molar-refractivity contribution in [3.63, 3.8) is 0 Å². The lowest BCUT2D eigenvalue weighted by molar-refractivity contribution is 0.0679. The number of nitrogens with one attached hydrogen (secondary N) is 1. The first-order valence-electron chi connectivity index (χ1n) is 12.0. The number of amides is 1. The van der Waals surface area contributed by atoms with Crippen molar-refractivity contribution < 1.29 is 18.5 Å². The van der Waals surface area contributed by atoms with Crippen LogP contribution in [-0.4, -0.2) is 46.4 Å². The lowest BCUT2D eigenvalue weighted by Gasteiger charge is -2.26. The zero-order valence-electron chi connectivity index (χ0n) is 20.2. The monoisotopic (exact) mass is 482 g/mol. The minimum Gasteiger partial charge on any atom is -0.491 e. The predicted molar refractivity (Wildman–Crippen MR) is 136 cm³/mol. The summed E-state index contributed by atoms with van der Waals surface area (Å²) in [5.41, 5.74) is 4.10. The molecule has 3 atom stereocenters. The van der Waals surface area contributed by atoms with Gasteiger partial charge in [-0.1, -0.05) is 12.1 Å². The van der Waals surface area contributed by atoms with Crippen LogP contribution in [0.25, 0.3) is 0 Å². The van der Waals surface area contributed by atoms with E-state index < -0.39 is 11.0 Å². The fourth-order valence-electron chi connectivity index (χ4n) is 4.18. The van der Waals surface area contributed by atoms with E-state index in [0.29, 0.717) is 12.2 Å². The van der Waals surface area contributed by atoms with Crippen molar-refractivity contribution in [3.8, 4) is 5.75 Å². The maximum atomic E-state index is 12.8. The number of ether oxygens (including phenoxy) is 2. The van der Waals surface area contributed by atoms with E-state index in [9.17, 15) is 9.00 Å². The summed E-state index contributed by atoms with van der Waals surface area (Å²) in [6, 6.07) is 13.6. The summed E-state index contributed by atoms with van der Waals surface area (Å²) < 4.78 is 27.4. The first kappa shape index (κ1) is 24.6. The van der Waals surface area contributed by atoms with Crippen LogP contribution >= 0.6 is 0 Å². The molecule has 0 radical (unpaired) electrons. The van der Waals surface area contributed by atoms with E-state index in [4.69, 9.17) is 9.47 Å². The Morgan fingerprint density at radius 2 is 1.97 bits per heavy atom. The molecule has 1 aliphatic heterocycles. The van der Waals surface area contributed by atoms with E-state index in [1.165, 1.54) is 11.1 Å². The molecule has 1 saturated heterocycles. The minimum absolute atomic E-state index is 0.0625. The molecule has 2 aromatic carbocycles. The van der Waals surface area contributed by atoms with Crippen molar-refractivity contribution in [3.05, 3.63) is 64.7 Å². The molecule has 1 fully saturated rings. The first-order chi connectivity index (χ1) is 16.3. The molecule has 2 aromatic rings. The summed E-state index contributed by atoms with van der Waals surface area (Å²) in [5.74, 6) is 0.692. The van der Waals surface area contributed by atoms with Gasteiger partial charge in [0, 0.05) is 24.4 Å². The SMILES string of the molecule is CC(C)(C)S(=O)N=Cc1ccc2c(c1)CC[C@H](NC(=O)c1ccc(OC[C@@H]3CCCO3)cc1)C2. The van der Waals surface area contributed by atoms with Crippen LogP contribution in [0.3, 0.4) is 0 Å². The largest absolute Gasteiger partial charge is 0.491 e. The molecule has 2 aliphatic rings. The Morgan fingerprint density at radius 1 is 1.18 bits per heavy atom. The van der Waals surface area contributed by atoms with Gasteiger partial charge in [-0.05, 0) is 99.9 Å². The number of carbonyl (C=O) groups excluding carboxylic acids is 1. The standard InChI is InChI=1S/C27H34N2O4S/c1-27(2,3)34(31)28-17-19-6-7-22-16-23(11-8-21(22)15-19)29-26(30)20-9-12-24(13-10-20)33-18-25-5-4-14-32-25/h6-7,9-10,12-13,15,17,23,25H,4-5,8,11,14,16,18H2,1-3H3,(H,29,30)/t23-,25-,34?/m0/s1. The second kappa shape index (κ2) is 10.8. The van der Waals surface area contributed by atoms with Crippen LogP contribution in [-0.2, 0) is 28.6 Å². The number of hydrogen-bond donors (Lipinski definition) is 1. The van der Waals surface area contributed by atoms with Crippen LogP contribution in [0.1, 0.15) is 67.1 Å². The van der Waals surface area contributed by atoms with Crippen LogP contribution in [0.15, 0.2) is 46.9 Å². The molecular weight excluding hydrogens is 448 g/mol. The van der Waals surface area contributed by atoms with E-state index in [1.807, 2.05) is 51.1 Å². The average Bonchev–Trinajstić information content (AvgIpc) is 3.34. The highest BCUT2D eigenvalue weighted by molar-refractivity contribution is 7.85.